The topological polar surface area (TPSA) is 104 Å². The second-order valence-electron chi connectivity index (χ2n) is 8.92. The van der Waals surface area contributed by atoms with Crippen molar-refractivity contribution in [2.75, 3.05) is 13.2 Å². The van der Waals surface area contributed by atoms with E-state index in [1.807, 2.05) is 24.3 Å². The van der Waals surface area contributed by atoms with E-state index in [2.05, 4.69) is 26.5 Å². The fourth-order valence-corrected chi connectivity index (χ4v) is 3.90. The molecule has 0 fully saturated rings. The minimum absolute atomic E-state index is 0.00197. The molecule has 2 N–H and O–H groups in total. The van der Waals surface area contributed by atoms with Gasteiger partial charge in [-0.25, -0.2) is 4.79 Å². The van der Waals surface area contributed by atoms with Crippen LogP contribution in [0.15, 0.2) is 90.8 Å². The van der Waals surface area contributed by atoms with Crippen LogP contribution in [0.1, 0.15) is 41.3 Å². The number of hydrogen-bond acceptors (Lipinski definition) is 7. The number of ether oxygens (including phenoxy) is 4. The highest BCUT2D eigenvalue weighted by molar-refractivity contribution is 5.91. The van der Waals surface area contributed by atoms with Gasteiger partial charge in [-0.2, -0.15) is 5.26 Å². The first-order valence-corrected chi connectivity index (χ1v) is 11.9. The van der Waals surface area contributed by atoms with Crippen LogP contribution in [0, 0.1) is 17.2 Å². The molecule has 0 bridgehead atoms. The van der Waals surface area contributed by atoms with Gasteiger partial charge in [-0.1, -0.05) is 44.7 Å². The van der Waals surface area contributed by atoms with Crippen molar-refractivity contribution in [2.45, 2.75) is 19.8 Å². The van der Waals surface area contributed by atoms with Crippen LogP contribution in [-0.4, -0.2) is 19.2 Å². The number of nitrogens with zero attached hydrogens (tertiary/aromatic N) is 1. The quantitative estimate of drug-likeness (QED) is 0.229. The number of nitrogens with two attached hydrogens (primary N) is 1. The molecule has 0 saturated carbocycles. The van der Waals surface area contributed by atoms with Crippen molar-refractivity contribution in [1.29, 1.82) is 5.26 Å². The molecule has 37 heavy (non-hydrogen) atoms. The molecule has 3 aromatic carbocycles. The first-order valence-electron chi connectivity index (χ1n) is 11.9. The third-order valence-corrected chi connectivity index (χ3v) is 5.63. The van der Waals surface area contributed by atoms with Gasteiger partial charge in [0, 0.05) is 11.6 Å². The molecule has 1 atom stereocenters. The number of hydrogen-bond donors (Lipinski definition) is 1. The normalized spacial score (nSPS) is 14.3. The van der Waals surface area contributed by atoms with Gasteiger partial charge in [0.05, 0.1) is 18.1 Å². The monoisotopic (exact) mass is 496 g/mol. The van der Waals surface area contributed by atoms with Crippen molar-refractivity contribution in [3.05, 3.63) is 108 Å². The number of benzene rings is 3. The van der Waals surface area contributed by atoms with Crippen LogP contribution in [0.25, 0.3) is 0 Å². The van der Waals surface area contributed by atoms with E-state index in [0.29, 0.717) is 47.7 Å². The summed E-state index contributed by atoms with van der Waals surface area (Å²) in [6.45, 7) is 8.75. The third kappa shape index (κ3) is 5.93. The van der Waals surface area contributed by atoms with E-state index in [1.54, 1.807) is 48.5 Å². The zero-order valence-electron chi connectivity index (χ0n) is 20.8. The van der Waals surface area contributed by atoms with Crippen LogP contribution in [-0.2, 0) is 0 Å². The summed E-state index contributed by atoms with van der Waals surface area (Å²) < 4.78 is 22.7. The molecule has 7 heteroatoms. The second-order valence-corrected chi connectivity index (χ2v) is 8.92. The predicted molar refractivity (Wildman–Crippen MR) is 140 cm³/mol. The standard InChI is InChI=1S/C30H28N2O5/c1-4-14-34-23-7-5-6-21(15-23)28-25-13-12-24(16-27(25)37-29(32)26(28)17-31)36-30(33)20-8-10-22(11-9-20)35-18-19(2)3/h4-13,15-16,19,28H,1,14,18,32H2,2-3H3. The Morgan fingerprint density at radius 3 is 2.54 bits per heavy atom. The van der Waals surface area contributed by atoms with Crippen molar-refractivity contribution in [2.24, 2.45) is 11.7 Å². The van der Waals surface area contributed by atoms with E-state index in [9.17, 15) is 10.1 Å². The van der Waals surface area contributed by atoms with E-state index in [0.717, 1.165) is 11.1 Å². The Bertz CT molecular complexity index is 1370. The summed E-state index contributed by atoms with van der Waals surface area (Å²) in [4.78, 5) is 12.7. The summed E-state index contributed by atoms with van der Waals surface area (Å²) in [5.41, 5.74) is 8.33. The molecule has 1 unspecified atom stereocenters. The Kier molecular flexibility index (Phi) is 7.80. The molecular formula is C30H28N2O5. The van der Waals surface area contributed by atoms with Gasteiger partial charge >= 0.3 is 5.97 Å². The zero-order valence-corrected chi connectivity index (χ0v) is 20.8. The van der Waals surface area contributed by atoms with Crippen molar-refractivity contribution >= 4 is 5.97 Å². The fourth-order valence-electron chi connectivity index (χ4n) is 3.90. The maximum atomic E-state index is 12.7. The van der Waals surface area contributed by atoms with Crippen LogP contribution in [0.3, 0.4) is 0 Å². The Morgan fingerprint density at radius 1 is 1.08 bits per heavy atom. The summed E-state index contributed by atoms with van der Waals surface area (Å²) in [7, 11) is 0. The average molecular weight is 497 g/mol. The smallest absolute Gasteiger partial charge is 0.343 e. The van der Waals surface area contributed by atoms with E-state index in [4.69, 9.17) is 24.7 Å². The lowest BCUT2D eigenvalue weighted by molar-refractivity contribution is 0.0734. The number of nitriles is 1. The Morgan fingerprint density at radius 2 is 1.84 bits per heavy atom. The van der Waals surface area contributed by atoms with Gasteiger partial charge in [0.2, 0.25) is 5.88 Å². The van der Waals surface area contributed by atoms with Crippen molar-refractivity contribution in [3.8, 4) is 29.1 Å². The van der Waals surface area contributed by atoms with Gasteiger partial charge in [-0.05, 0) is 53.9 Å². The van der Waals surface area contributed by atoms with Gasteiger partial charge in [-0.15, -0.1) is 0 Å². The van der Waals surface area contributed by atoms with E-state index in [1.165, 1.54) is 0 Å². The zero-order chi connectivity index (χ0) is 26.4. The number of allylic oxidation sites excluding steroid dienone is 1. The molecule has 0 spiro atoms. The number of esters is 1. The molecule has 7 nitrogen and oxygen atoms in total. The van der Waals surface area contributed by atoms with Gasteiger partial charge in [0.1, 0.15) is 41.2 Å². The SMILES string of the molecule is C=CCOc1cccc(C2C(C#N)=C(N)Oc3cc(OC(=O)c4ccc(OCC(C)C)cc4)ccc32)c1. The van der Waals surface area contributed by atoms with E-state index >= 15 is 0 Å². The van der Waals surface area contributed by atoms with Crippen molar-refractivity contribution < 1.29 is 23.7 Å². The maximum absolute atomic E-state index is 12.7. The highest BCUT2D eigenvalue weighted by Crippen LogP contribution is 2.44. The second kappa shape index (κ2) is 11.4. The summed E-state index contributed by atoms with van der Waals surface area (Å²) in [5.74, 6) is 1.44. The highest BCUT2D eigenvalue weighted by atomic mass is 16.5. The molecular weight excluding hydrogens is 468 g/mol. The molecule has 0 aliphatic carbocycles. The lowest BCUT2D eigenvalue weighted by atomic mass is 9.83. The molecule has 1 aliphatic heterocycles. The van der Waals surface area contributed by atoms with Gasteiger partial charge in [0.25, 0.3) is 0 Å². The number of rotatable bonds is 9. The van der Waals surface area contributed by atoms with Crippen molar-refractivity contribution in [1.82, 2.24) is 0 Å². The lowest BCUT2D eigenvalue weighted by Crippen LogP contribution is -2.21. The Balaban J connectivity index is 1.57. The fraction of sp³-hybridized carbons (Fsp3) is 0.200. The van der Waals surface area contributed by atoms with Crippen molar-refractivity contribution in [3.63, 3.8) is 0 Å². The molecule has 0 radical (unpaired) electrons. The van der Waals surface area contributed by atoms with Crippen LogP contribution in [0.2, 0.25) is 0 Å². The molecule has 3 aromatic rings. The maximum Gasteiger partial charge on any atom is 0.343 e. The van der Waals surface area contributed by atoms with Gasteiger partial charge in [-0.3, -0.25) is 0 Å². The van der Waals surface area contributed by atoms with Gasteiger partial charge < -0.3 is 24.7 Å². The summed E-state index contributed by atoms with van der Waals surface area (Å²) >= 11 is 0. The van der Waals surface area contributed by atoms with Crippen LogP contribution in [0.5, 0.6) is 23.0 Å². The van der Waals surface area contributed by atoms with E-state index in [-0.39, 0.29) is 11.5 Å². The first kappa shape index (κ1) is 25.4. The largest absolute Gasteiger partial charge is 0.493 e. The highest BCUT2D eigenvalue weighted by Gasteiger charge is 2.31. The Labute approximate surface area is 216 Å². The van der Waals surface area contributed by atoms with Crippen LogP contribution in [0.4, 0.5) is 0 Å². The average Bonchev–Trinajstić information content (AvgIpc) is 2.90. The Hall–Kier alpha value is -4.70. The predicted octanol–water partition coefficient (Wildman–Crippen LogP) is 5.72. The third-order valence-electron chi connectivity index (χ3n) is 5.63. The molecule has 0 saturated heterocycles. The molecule has 0 amide bonds. The molecule has 4 rings (SSSR count). The summed E-state index contributed by atoms with van der Waals surface area (Å²) in [5, 5.41) is 9.82. The first-order chi connectivity index (χ1) is 17.9. The van der Waals surface area contributed by atoms with Gasteiger partial charge in [0.15, 0.2) is 0 Å². The van der Waals surface area contributed by atoms with Crippen LogP contribution < -0.4 is 24.7 Å². The number of carbonyl (C=O) groups is 1. The minimum atomic E-state index is -0.518. The summed E-state index contributed by atoms with van der Waals surface area (Å²) in [6.07, 6.45) is 1.66. The van der Waals surface area contributed by atoms with Crippen LogP contribution >= 0.6 is 0 Å². The number of fused-ring (bicyclic) bond motifs is 1. The summed E-state index contributed by atoms with van der Waals surface area (Å²) in [6, 6.07) is 21.4. The lowest BCUT2D eigenvalue weighted by Gasteiger charge is -2.27. The molecule has 188 valence electrons. The molecule has 1 aliphatic rings. The number of carbonyl (C=O) groups excluding carboxylic acids is 1. The van der Waals surface area contributed by atoms with E-state index < -0.39 is 11.9 Å². The molecule has 0 aromatic heterocycles. The molecule has 1 heterocycles. The minimum Gasteiger partial charge on any atom is -0.493 e.